The van der Waals surface area contributed by atoms with Crippen LogP contribution < -0.4 is 10.5 Å². The monoisotopic (exact) mass is 246 g/mol. The molecule has 0 aromatic carbocycles. The summed E-state index contributed by atoms with van der Waals surface area (Å²) in [6, 6.07) is -0.241. The van der Waals surface area contributed by atoms with E-state index < -0.39 is 10.0 Å². The highest BCUT2D eigenvalue weighted by Crippen LogP contribution is 2.07. The summed E-state index contributed by atoms with van der Waals surface area (Å²) in [5, 5.41) is 0.0847. The van der Waals surface area contributed by atoms with E-state index in [-0.39, 0.29) is 17.1 Å². The zero-order valence-electron chi connectivity index (χ0n) is 9.69. The van der Waals surface area contributed by atoms with Crippen LogP contribution in [0.4, 0.5) is 0 Å². The molecular formula is C9H18N4O2S. The van der Waals surface area contributed by atoms with E-state index in [0.29, 0.717) is 12.2 Å². The molecule has 0 bridgehead atoms. The number of rotatable bonds is 5. The quantitative estimate of drug-likeness (QED) is 0.687. The molecule has 0 aliphatic rings. The van der Waals surface area contributed by atoms with Crippen LogP contribution >= 0.6 is 0 Å². The van der Waals surface area contributed by atoms with E-state index in [9.17, 15) is 8.42 Å². The first-order chi connectivity index (χ1) is 7.31. The van der Waals surface area contributed by atoms with E-state index in [1.165, 1.54) is 6.20 Å². The number of hydrogen-bond acceptors (Lipinski definition) is 4. The van der Waals surface area contributed by atoms with Crippen molar-refractivity contribution in [2.75, 3.05) is 0 Å². The number of aromatic amines is 1. The molecule has 0 saturated carbocycles. The van der Waals surface area contributed by atoms with Crippen molar-refractivity contribution in [1.29, 1.82) is 0 Å². The molecule has 1 heterocycles. The Labute approximate surface area is 95.7 Å². The highest BCUT2D eigenvalue weighted by Gasteiger charge is 2.19. The molecule has 0 saturated heterocycles. The molecular weight excluding hydrogens is 228 g/mol. The molecule has 1 aromatic heterocycles. The van der Waals surface area contributed by atoms with Gasteiger partial charge in [0.2, 0.25) is 0 Å². The third-order valence-corrected chi connectivity index (χ3v) is 3.55. The molecule has 0 fully saturated rings. The predicted octanol–water partition coefficient (Wildman–Crippen LogP) is 0.122. The molecule has 0 amide bonds. The topological polar surface area (TPSA) is 101 Å². The van der Waals surface area contributed by atoms with Crippen LogP contribution in [-0.2, 0) is 10.0 Å². The fourth-order valence-corrected chi connectivity index (χ4v) is 2.70. The second-order valence-electron chi connectivity index (χ2n) is 4.07. The Morgan fingerprint density at radius 1 is 1.56 bits per heavy atom. The molecule has 2 atom stereocenters. The van der Waals surface area contributed by atoms with Crippen LogP contribution in [0.25, 0.3) is 0 Å². The number of sulfonamides is 1. The van der Waals surface area contributed by atoms with Gasteiger partial charge >= 0.3 is 0 Å². The van der Waals surface area contributed by atoms with Gasteiger partial charge in [0.1, 0.15) is 5.82 Å². The van der Waals surface area contributed by atoms with E-state index in [1.807, 2.05) is 6.92 Å². The first-order valence-corrected chi connectivity index (χ1v) is 6.59. The maximum absolute atomic E-state index is 11.8. The lowest BCUT2D eigenvalue weighted by Gasteiger charge is -2.15. The van der Waals surface area contributed by atoms with Gasteiger partial charge in [-0.25, -0.2) is 18.1 Å². The Morgan fingerprint density at radius 3 is 2.62 bits per heavy atom. The van der Waals surface area contributed by atoms with Crippen molar-refractivity contribution in [3.63, 3.8) is 0 Å². The highest BCUT2D eigenvalue weighted by molar-refractivity contribution is 7.89. The summed E-state index contributed by atoms with van der Waals surface area (Å²) in [4.78, 5) is 6.53. The Hall–Kier alpha value is -0.920. The highest BCUT2D eigenvalue weighted by atomic mass is 32.2. The van der Waals surface area contributed by atoms with Crippen molar-refractivity contribution in [3.8, 4) is 0 Å². The number of hydrogen-bond donors (Lipinski definition) is 3. The summed E-state index contributed by atoms with van der Waals surface area (Å²) in [5.74, 6) is 0.570. The lowest BCUT2D eigenvalue weighted by molar-refractivity contribution is 0.517. The molecule has 6 nitrogen and oxygen atoms in total. The number of imidazole rings is 1. The van der Waals surface area contributed by atoms with Crippen molar-refractivity contribution >= 4 is 10.0 Å². The van der Waals surface area contributed by atoms with Crippen LogP contribution in [0.5, 0.6) is 0 Å². The van der Waals surface area contributed by atoms with Crippen molar-refractivity contribution in [1.82, 2.24) is 14.7 Å². The molecule has 1 rings (SSSR count). The fraction of sp³-hybridized carbons (Fsp3) is 0.667. The number of H-pyrrole nitrogens is 1. The lowest BCUT2D eigenvalue weighted by Crippen LogP contribution is -2.36. The lowest BCUT2D eigenvalue weighted by atomic mass is 10.1. The Bertz CT molecular complexity index is 438. The minimum atomic E-state index is -3.51. The van der Waals surface area contributed by atoms with Gasteiger partial charge in [-0.1, -0.05) is 0 Å². The summed E-state index contributed by atoms with van der Waals surface area (Å²) < 4.78 is 26.2. The van der Waals surface area contributed by atoms with Crippen LogP contribution in [0.15, 0.2) is 11.2 Å². The number of nitrogens with two attached hydrogens (primary N) is 1. The summed E-state index contributed by atoms with van der Waals surface area (Å²) in [5.41, 5.74) is 5.60. The van der Waals surface area contributed by atoms with Gasteiger partial charge in [-0.15, -0.1) is 0 Å². The first-order valence-electron chi connectivity index (χ1n) is 5.11. The van der Waals surface area contributed by atoms with Gasteiger partial charge in [0.25, 0.3) is 10.0 Å². The zero-order valence-corrected chi connectivity index (χ0v) is 10.5. The molecule has 1 aromatic rings. The SMILES string of the molecule is Cc1ncc(S(=O)(=O)NC(C)CC(C)N)[nH]1. The average molecular weight is 246 g/mol. The van der Waals surface area contributed by atoms with Gasteiger partial charge < -0.3 is 10.7 Å². The molecule has 0 aliphatic carbocycles. The molecule has 7 heteroatoms. The molecule has 0 radical (unpaired) electrons. The van der Waals surface area contributed by atoms with Gasteiger partial charge in [-0.2, -0.15) is 0 Å². The minimum Gasteiger partial charge on any atom is -0.332 e. The third kappa shape index (κ3) is 3.58. The van der Waals surface area contributed by atoms with Crippen LogP contribution in [0.2, 0.25) is 0 Å². The molecule has 4 N–H and O–H groups in total. The normalized spacial score (nSPS) is 16.0. The second kappa shape index (κ2) is 4.94. The predicted molar refractivity (Wildman–Crippen MR) is 61.4 cm³/mol. The van der Waals surface area contributed by atoms with Crippen molar-refractivity contribution in [2.45, 2.75) is 44.3 Å². The summed E-state index contributed by atoms with van der Waals surface area (Å²) in [6.45, 7) is 5.32. The molecule has 0 spiro atoms. The smallest absolute Gasteiger partial charge is 0.257 e. The molecule has 2 unspecified atom stereocenters. The zero-order chi connectivity index (χ0) is 12.3. The van der Waals surface area contributed by atoms with Crippen LogP contribution in [0.1, 0.15) is 26.1 Å². The Kier molecular flexibility index (Phi) is 4.06. The van der Waals surface area contributed by atoms with Gasteiger partial charge in [0.05, 0.1) is 6.20 Å². The Morgan fingerprint density at radius 2 is 2.19 bits per heavy atom. The van der Waals surface area contributed by atoms with Crippen LogP contribution in [0.3, 0.4) is 0 Å². The number of nitrogens with one attached hydrogen (secondary N) is 2. The van der Waals surface area contributed by atoms with Crippen molar-refractivity contribution in [2.24, 2.45) is 5.73 Å². The van der Waals surface area contributed by atoms with Gasteiger partial charge in [0, 0.05) is 12.1 Å². The Balaban J connectivity index is 2.73. The summed E-state index contributed by atoms with van der Waals surface area (Å²) in [6.07, 6.45) is 1.89. The average Bonchev–Trinajstić information content (AvgIpc) is 2.49. The standard InChI is InChI=1S/C9H18N4O2S/c1-6(10)4-7(2)13-16(14,15)9-5-11-8(3)12-9/h5-7,13H,4,10H2,1-3H3,(H,11,12). The maximum Gasteiger partial charge on any atom is 0.257 e. The summed E-state index contributed by atoms with van der Waals surface area (Å²) >= 11 is 0. The van der Waals surface area contributed by atoms with Crippen molar-refractivity contribution in [3.05, 3.63) is 12.0 Å². The number of nitrogens with zero attached hydrogens (tertiary/aromatic N) is 1. The summed E-state index contributed by atoms with van der Waals surface area (Å²) in [7, 11) is -3.51. The van der Waals surface area contributed by atoms with Gasteiger partial charge in [0.15, 0.2) is 5.03 Å². The fourth-order valence-electron chi connectivity index (χ4n) is 1.47. The maximum atomic E-state index is 11.8. The number of aromatic nitrogens is 2. The first kappa shape index (κ1) is 13.1. The minimum absolute atomic E-state index is 0.0406. The molecule has 92 valence electrons. The van der Waals surface area contributed by atoms with E-state index in [2.05, 4.69) is 14.7 Å². The van der Waals surface area contributed by atoms with E-state index in [4.69, 9.17) is 5.73 Å². The molecule has 16 heavy (non-hydrogen) atoms. The van der Waals surface area contributed by atoms with Gasteiger partial charge in [-0.3, -0.25) is 0 Å². The van der Waals surface area contributed by atoms with Gasteiger partial charge in [-0.05, 0) is 27.2 Å². The van der Waals surface area contributed by atoms with E-state index in [0.717, 1.165) is 0 Å². The van der Waals surface area contributed by atoms with Crippen molar-refractivity contribution < 1.29 is 8.42 Å². The van der Waals surface area contributed by atoms with Crippen LogP contribution in [0, 0.1) is 6.92 Å². The second-order valence-corrected chi connectivity index (χ2v) is 5.75. The van der Waals surface area contributed by atoms with Crippen LogP contribution in [-0.4, -0.2) is 30.5 Å². The van der Waals surface area contributed by atoms with E-state index >= 15 is 0 Å². The molecule has 0 aliphatic heterocycles. The third-order valence-electron chi connectivity index (χ3n) is 2.05. The van der Waals surface area contributed by atoms with E-state index in [1.54, 1.807) is 13.8 Å². The largest absolute Gasteiger partial charge is 0.332 e. The number of aryl methyl sites for hydroxylation is 1.